The van der Waals surface area contributed by atoms with Gasteiger partial charge in [-0.1, -0.05) is 152 Å². The summed E-state index contributed by atoms with van der Waals surface area (Å²) in [5.74, 6) is 3.55. The topological polar surface area (TPSA) is 21.7 Å². The van der Waals surface area contributed by atoms with Crippen LogP contribution < -0.4 is 55.9 Å². The molecule has 0 radical (unpaired) electrons. The molecule has 0 saturated carbocycles. The minimum atomic E-state index is -3.03. The van der Waals surface area contributed by atoms with Crippen LogP contribution in [0.5, 0.6) is 23.0 Å². The maximum atomic E-state index is 6.94. The predicted molar refractivity (Wildman–Crippen MR) is 222 cm³/mol. The maximum absolute atomic E-state index is 6.94. The van der Waals surface area contributed by atoms with Crippen LogP contribution in [0.2, 0.25) is 0 Å². The van der Waals surface area contributed by atoms with Crippen molar-refractivity contribution in [2.45, 2.75) is 0 Å². The Kier molecular flexibility index (Phi) is 6.59. The summed E-state index contributed by atoms with van der Waals surface area (Å²) in [5.41, 5.74) is 3.11. The third kappa shape index (κ3) is 4.09. The van der Waals surface area contributed by atoms with Gasteiger partial charge < -0.3 is 14.4 Å². The molecule has 0 aliphatic carbocycles. The normalized spacial score (nSPS) is 15.0. The summed E-state index contributed by atoms with van der Waals surface area (Å²) in [4.78, 5) is 2.35. The number of para-hydroxylation sites is 5. The molecule has 0 N–H and O–H groups in total. The first-order chi connectivity index (χ1) is 26.3. The van der Waals surface area contributed by atoms with Crippen molar-refractivity contribution in [2.24, 2.45) is 0 Å². The molecule has 3 aliphatic heterocycles. The number of rotatable bonds is 3. The molecule has 0 atom stereocenters. The minimum absolute atomic E-state index is 0.840. The standard InChI is InChI=1S/C48H33NO2Si2/c1-3-17-35(18-4-1)52(36-19-5-2-6-20-36)44-27-13-15-29-46(44)53(47-30-16-14-28-45(47)52)43-26-12-11-25-41(43)51-42-32-31-34(33-48(42)53)49-37-21-7-9-23-39(37)50-40-24-10-8-22-38(40)49/h1-33H. The largest absolute Gasteiger partial charge is 0.458 e. The van der Waals surface area contributed by atoms with Crippen molar-refractivity contribution < 1.29 is 9.47 Å². The van der Waals surface area contributed by atoms with Crippen LogP contribution in [0.1, 0.15) is 0 Å². The van der Waals surface area contributed by atoms with Crippen molar-refractivity contribution in [3.63, 3.8) is 0 Å². The number of nitrogens with zero attached hydrogens (tertiary/aromatic N) is 1. The molecule has 0 amide bonds. The Morgan fingerprint density at radius 3 is 1.25 bits per heavy atom. The second-order valence-electron chi connectivity index (χ2n) is 14.0. The lowest BCUT2D eigenvalue weighted by atomic mass is 10.1. The molecule has 0 aromatic heterocycles. The van der Waals surface area contributed by atoms with Crippen LogP contribution >= 0.6 is 0 Å². The first-order valence-corrected chi connectivity index (χ1v) is 22.2. The van der Waals surface area contributed by atoms with Crippen molar-refractivity contribution in [3.05, 3.63) is 200 Å². The number of anilines is 3. The quantitative estimate of drug-likeness (QED) is 0.197. The zero-order chi connectivity index (χ0) is 35.0. The molecule has 250 valence electrons. The minimum Gasteiger partial charge on any atom is -0.458 e. The summed E-state index contributed by atoms with van der Waals surface area (Å²) < 4.78 is 13.4. The Labute approximate surface area is 311 Å². The number of ether oxygens (including phenoxy) is 2. The lowest BCUT2D eigenvalue weighted by Gasteiger charge is -2.50. The van der Waals surface area contributed by atoms with Crippen LogP contribution in [0, 0.1) is 0 Å². The summed E-state index contributed by atoms with van der Waals surface area (Å²) in [7, 11) is -5.84. The summed E-state index contributed by atoms with van der Waals surface area (Å²) in [6.07, 6.45) is 0. The van der Waals surface area contributed by atoms with Gasteiger partial charge >= 0.3 is 0 Å². The summed E-state index contributed by atoms with van der Waals surface area (Å²) in [6, 6.07) is 73.7. The molecule has 1 spiro atoms. The Balaban J connectivity index is 1.27. The summed E-state index contributed by atoms with van der Waals surface area (Å²) in [5, 5.41) is 11.1. The van der Waals surface area contributed by atoms with Gasteiger partial charge in [-0.15, -0.1) is 0 Å². The number of benzene rings is 8. The zero-order valence-corrected chi connectivity index (χ0v) is 30.8. The summed E-state index contributed by atoms with van der Waals surface area (Å²) in [6.45, 7) is 0. The van der Waals surface area contributed by atoms with E-state index in [1.165, 1.54) is 41.5 Å². The monoisotopic (exact) mass is 711 g/mol. The molecule has 0 saturated heterocycles. The van der Waals surface area contributed by atoms with Crippen LogP contribution in [0.3, 0.4) is 0 Å². The Morgan fingerprint density at radius 2 is 0.698 bits per heavy atom. The van der Waals surface area contributed by atoms with Crippen molar-refractivity contribution in [3.8, 4) is 23.0 Å². The van der Waals surface area contributed by atoms with E-state index < -0.39 is 16.1 Å². The zero-order valence-electron chi connectivity index (χ0n) is 28.8. The van der Waals surface area contributed by atoms with Crippen molar-refractivity contribution in [1.29, 1.82) is 0 Å². The third-order valence-corrected chi connectivity index (χ3v) is 21.7. The molecule has 3 aliphatic rings. The van der Waals surface area contributed by atoms with E-state index >= 15 is 0 Å². The first kappa shape index (κ1) is 30.2. The van der Waals surface area contributed by atoms with Gasteiger partial charge in [-0.3, -0.25) is 0 Å². The molecule has 0 unspecified atom stereocenters. The number of hydrogen-bond donors (Lipinski definition) is 0. The molecule has 3 nitrogen and oxygen atoms in total. The lowest BCUT2D eigenvalue weighted by Crippen LogP contribution is -2.93. The van der Waals surface area contributed by atoms with Crippen molar-refractivity contribution in [1.82, 2.24) is 0 Å². The van der Waals surface area contributed by atoms with Crippen LogP contribution in [-0.4, -0.2) is 16.1 Å². The van der Waals surface area contributed by atoms with Gasteiger partial charge in [-0.25, -0.2) is 0 Å². The highest BCUT2D eigenvalue weighted by Gasteiger charge is 2.59. The fourth-order valence-electron chi connectivity index (χ4n) is 9.46. The van der Waals surface area contributed by atoms with Gasteiger partial charge in [0.2, 0.25) is 0 Å². The van der Waals surface area contributed by atoms with Crippen LogP contribution in [0.4, 0.5) is 17.1 Å². The van der Waals surface area contributed by atoms with E-state index in [1.807, 2.05) is 12.1 Å². The summed E-state index contributed by atoms with van der Waals surface area (Å²) >= 11 is 0. The lowest BCUT2D eigenvalue weighted by molar-refractivity contribution is 0.477. The van der Waals surface area contributed by atoms with Gasteiger partial charge in [-0.2, -0.15) is 0 Å². The SMILES string of the molecule is c1ccc([Si]2(c3ccccc3)c3ccccc3[Si]3(c4ccccc4Oc4ccc(N5c6ccccc6Oc6ccccc65)cc43)c3ccccc32)cc1. The smallest absolute Gasteiger partial charge is 0.188 e. The fraction of sp³-hybridized carbons (Fsp3) is 0. The Hall–Kier alpha value is -6.41. The third-order valence-electron chi connectivity index (χ3n) is 11.5. The van der Waals surface area contributed by atoms with E-state index in [0.717, 1.165) is 40.1 Å². The molecule has 0 fully saturated rings. The Morgan fingerprint density at radius 1 is 0.302 bits per heavy atom. The molecule has 53 heavy (non-hydrogen) atoms. The van der Waals surface area contributed by atoms with E-state index in [9.17, 15) is 0 Å². The van der Waals surface area contributed by atoms with Gasteiger partial charge in [0, 0.05) is 5.69 Å². The highest BCUT2D eigenvalue weighted by atomic mass is 28.3. The van der Waals surface area contributed by atoms with Gasteiger partial charge in [0.1, 0.15) is 11.5 Å². The van der Waals surface area contributed by atoms with E-state index in [-0.39, 0.29) is 0 Å². The van der Waals surface area contributed by atoms with Gasteiger partial charge in [-0.05, 0) is 90.0 Å². The number of hydrogen-bond acceptors (Lipinski definition) is 3. The highest BCUT2D eigenvalue weighted by molar-refractivity contribution is 7.33. The van der Waals surface area contributed by atoms with E-state index in [2.05, 4.69) is 193 Å². The average molecular weight is 712 g/mol. The molecule has 11 rings (SSSR count). The second kappa shape index (κ2) is 11.6. The maximum Gasteiger partial charge on any atom is 0.188 e. The van der Waals surface area contributed by atoms with E-state index in [4.69, 9.17) is 9.47 Å². The second-order valence-corrected chi connectivity index (χ2v) is 21.4. The molecule has 0 bridgehead atoms. The van der Waals surface area contributed by atoms with Crippen LogP contribution in [-0.2, 0) is 0 Å². The predicted octanol–water partition coefficient (Wildman–Crippen LogP) is 6.44. The van der Waals surface area contributed by atoms with Gasteiger partial charge in [0.25, 0.3) is 0 Å². The first-order valence-electron chi connectivity index (χ1n) is 18.2. The van der Waals surface area contributed by atoms with Gasteiger partial charge in [0.15, 0.2) is 27.6 Å². The van der Waals surface area contributed by atoms with Gasteiger partial charge in [0.05, 0.1) is 11.4 Å². The molecule has 8 aromatic rings. The average Bonchev–Trinajstić information content (AvgIpc) is 3.23. The highest BCUT2D eigenvalue weighted by Crippen LogP contribution is 2.50. The van der Waals surface area contributed by atoms with Crippen LogP contribution in [0.25, 0.3) is 0 Å². The number of fused-ring (bicyclic) bond motifs is 10. The molecule has 5 heteroatoms. The van der Waals surface area contributed by atoms with E-state index in [0.29, 0.717) is 0 Å². The van der Waals surface area contributed by atoms with Crippen molar-refractivity contribution >= 4 is 74.7 Å². The molecular weight excluding hydrogens is 679 g/mol. The molecule has 8 aromatic carbocycles. The fourth-order valence-corrected chi connectivity index (χ4v) is 21.8. The molecule has 3 heterocycles. The Bertz CT molecular complexity index is 2580. The van der Waals surface area contributed by atoms with Crippen molar-refractivity contribution in [2.75, 3.05) is 4.90 Å². The van der Waals surface area contributed by atoms with E-state index in [1.54, 1.807) is 0 Å². The van der Waals surface area contributed by atoms with Crippen LogP contribution in [0.15, 0.2) is 200 Å². The molecular formula is C48H33NO2Si2.